The topological polar surface area (TPSA) is 137 Å². The first-order valence-corrected chi connectivity index (χ1v) is 7.14. The van der Waals surface area contributed by atoms with E-state index in [1.54, 1.807) is 0 Å². The van der Waals surface area contributed by atoms with Gasteiger partial charge in [-0.3, -0.25) is 14.4 Å². The van der Waals surface area contributed by atoms with Crippen molar-refractivity contribution < 1.29 is 19.7 Å². The van der Waals surface area contributed by atoms with Crippen LogP contribution in [0.15, 0.2) is 22.2 Å². The van der Waals surface area contributed by atoms with Crippen molar-refractivity contribution in [1.29, 1.82) is 0 Å². The summed E-state index contributed by atoms with van der Waals surface area (Å²) < 4.78 is 5.17. The molecule has 1 aliphatic rings. The number of hydrogen-bond acceptors (Lipinski definition) is 8. The lowest BCUT2D eigenvalue weighted by atomic mass is 10.1. The predicted molar refractivity (Wildman–Crippen MR) is 83.3 cm³/mol. The second-order valence-electron chi connectivity index (χ2n) is 5.14. The van der Waals surface area contributed by atoms with Crippen molar-refractivity contribution in [1.82, 2.24) is 5.32 Å². The summed E-state index contributed by atoms with van der Waals surface area (Å²) in [5, 5.41) is 27.1. The maximum Gasteiger partial charge on any atom is 0.253 e. The van der Waals surface area contributed by atoms with Crippen molar-refractivity contribution >= 4 is 17.3 Å². The second kappa shape index (κ2) is 7.36. The summed E-state index contributed by atoms with van der Waals surface area (Å²) >= 11 is 0. The molecule has 0 aliphatic carbocycles. The van der Waals surface area contributed by atoms with Crippen LogP contribution in [-0.2, 0) is 9.53 Å². The first-order valence-electron chi connectivity index (χ1n) is 7.14. The number of ether oxygens (including phenoxy) is 1. The van der Waals surface area contributed by atoms with E-state index in [1.807, 2.05) is 0 Å². The zero-order valence-electron chi connectivity index (χ0n) is 12.4. The normalized spacial score (nSPS) is 23.7. The Bertz CT molecular complexity index is 651. The quantitative estimate of drug-likeness (QED) is 0.201. The van der Waals surface area contributed by atoms with Gasteiger partial charge in [-0.05, 0) is 6.08 Å². The lowest BCUT2D eigenvalue weighted by Crippen LogP contribution is -2.41. The van der Waals surface area contributed by atoms with Gasteiger partial charge in [-0.25, -0.2) is 0 Å². The monoisotopic (exact) mass is 325 g/mol. The van der Waals surface area contributed by atoms with Crippen LogP contribution in [0.3, 0.4) is 0 Å². The van der Waals surface area contributed by atoms with E-state index >= 15 is 0 Å². The fourth-order valence-electron chi connectivity index (χ4n) is 2.22. The molecule has 126 valence electrons. The molecule has 0 spiro atoms. The molecule has 0 radical (unpaired) electrons. The molecule has 3 unspecified atom stereocenters. The molecule has 1 saturated heterocycles. The third-order valence-electron chi connectivity index (χ3n) is 3.56. The van der Waals surface area contributed by atoms with Gasteiger partial charge in [0.25, 0.3) is 10.9 Å². The molecule has 1 fully saturated rings. The second-order valence-corrected chi connectivity index (χ2v) is 5.14. The van der Waals surface area contributed by atoms with Gasteiger partial charge < -0.3 is 30.9 Å². The molecule has 9 nitrogen and oxygen atoms in total. The summed E-state index contributed by atoms with van der Waals surface area (Å²) in [5.41, 5.74) is -1.05. The highest BCUT2D eigenvalue weighted by atomic mass is 16.5. The average Bonchev–Trinajstić information content (AvgIpc) is 2.87. The molecule has 0 saturated carbocycles. The Balaban J connectivity index is 1.85. The number of amides is 1. The zero-order chi connectivity index (χ0) is 17.0. The van der Waals surface area contributed by atoms with Crippen molar-refractivity contribution in [2.45, 2.75) is 18.3 Å². The molecule has 1 amide bonds. The van der Waals surface area contributed by atoms with Gasteiger partial charge in [-0.15, -0.1) is 0 Å². The van der Waals surface area contributed by atoms with Gasteiger partial charge in [-0.2, -0.15) is 0 Å². The number of aliphatic hydroxyl groups excluding tert-OH is 2. The Kier molecular flexibility index (Phi) is 5.48. The maximum atomic E-state index is 11.6. The van der Waals surface area contributed by atoms with Crippen molar-refractivity contribution in [2.24, 2.45) is 0 Å². The van der Waals surface area contributed by atoms with Crippen LogP contribution in [0.25, 0.3) is 0 Å². The fourth-order valence-corrected chi connectivity index (χ4v) is 2.22. The average molecular weight is 325 g/mol. The van der Waals surface area contributed by atoms with Gasteiger partial charge in [0.1, 0.15) is 29.7 Å². The van der Waals surface area contributed by atoms with Crippen LogP contribution in [-0.4, -0.2) is 60.7 Å². The highest BCUT2D eigenvalue weighted by Gasteiger charge is 2.35. The van der Waals surface area contributed by atoms with Gasteiger partial charge in [0.15, 0.2) is 0 Å². The van der Waals surface area contributed by atoms with Crippen LogP contribution in [0.1, 0.15) is 0 Å². The van der Waals surface area contributed by atoms with Gasteiger partial charge in [0.2, 0.25) is 5.91 Å². The van der Waals surface area contributed by atoms with Crippen molar-refractivity contribution in [3.8, 4) is 0 Å². The van der Waals surface area contributed by atoms with Crippen LogP contribution < -0.4 is 26.8 Å². The summed E-state index contributed by atoms with van der Waals surface area (Å²) in [7, 11) is 0. The summed E-state index contributed by atoms with van der Waals surface area (Å²) in [6.07, 6.45) is -1.53. The van der Waals surface area contributed by atoms with Crippen molar-refractivity contribution in [3.63, 3.8) is 0 Å². The Hall–Kier alpha value is -2.23. The van der Waals surface area contributed by atoms with Crippen molar-refractivity contribution in [2.75, 3.05) is 36.9 Å². The smallest absolute Gasteiger partial charge is 0.253 e. The Morgan fingerprint density at radius 1 is 1.22 bits per heavy atom. The largest absolute Gasteiger partial charge is 0.388 e. The third kappa shape index (κ3) is 3.76. The summed E-state index contributed by atoms with van der Waals surface area (Å²) in [6.45, 7) is 3.95. The number of hydrogen-bond donors (Lipinski definition) is 5. The van der Waals surface area contributed by atoms with E-state index in [-0.39, 0.29) is 43.5 Å². The number of anilines is 2. The molecule has 3 atom stereocenters. The van der Waals surface area contributed by atoms with Crippen LogP contribution >= 0.6 is 0 Å². The number of aliphatic hydroxyl groups is 2. The molecule has 0 aromatic heterocycles. The van der Waals surface area contributed by atoms with Gasteiger partial charge in [0, 0.05) is 19.6 Å². The Labute approximate surface area is 131 Å². The SMILES string of the molecule is C=CC(=O)NCCNc1c(NCC2OCC(O)C2O)c(=O)c1=O. The molecule has 1 heterocycles. The molecular formula is C14H19N3O6. The van der Waals surface area contributed by atoms with Gasteiger partial charge in [0.05, 0.1) is 6.61 Å². The van der Waals surface area contributed by atoms with Gasteiger partial charge >= 0.3 is 0 Å². The van der Waals surface area contributed by atoms with Crippen LogP contribution in [0.2, 0.25) is 0 Å². The molecule has 1 aromatic carbocycles. The van der Waals surface area contributed by atoms with Crippen LogP contribution in [0.5, 0.6) is 0 Å². The van der Waals surface area contributed by atoms with Crippen molar-refractivity contribution in [3.05, 3.63) is 33.1 Å². The predicted octanol–water partition coefficient (Wildman–Crippen LogP) is -2.47. The highest BCUT2D eigenvalue weighted by Crippen LogP contribution is 2.18. The Morgan fingerprint density at radius 3 is 2.43 bits per heavy atom. The lowest BCUT2D eigenvalue weighted by molar-refractivity contribution is -0.116. The minimum atomic E-state index is -1.04. The molecule has 23 heavy (non-hydrogen) atoms. The summed E-state index contributed by atoms with van der Waals surface area (Å²) in [4.78, 5) is 34.1. The van der Waals surface area contributed by atoms with E-state index in [4.69, 9.17) is 4.74 Å². The lowest BCUT2D eigenvalue weighted by Gasteiger charge is -2.19. The van der Waals surface area contributed by atoms with Crippen LogP contribution in [0.4, 0.5) is 11.4 Å². The molecule has 0 bridgehead atoms. The van der Waals surface area contributed by atoms with E-state index in [0.29, 0.717) is 0 Å². The third-order valence-corrected chi connectivity index (χ3v) is 3.56. The first kappa shape index (κ1) is 17.1. The number of carbonyl (C=O) groups excluding carboxylic acids is 1. The van der Waals surface area contributed by atoms with E-state index in [2.05, 4.69) is 22.5 Å². The molecule has 5 N–H and O–H groups in total. The fraction of sp³-hybridized carbons (Fsp3) is 0.500. The van der Waals surface area contributed by atoms with E-state index in [0.717, 1.165) is 6.08 Å². The summed E-state index contributed by atoms with van der Waals surface area (Å²) in [6, 6.07) is 0. The maximum absolute atomic E-state index is 11.6. The standard InChI is InChI=1S/C14H19N3O6/c1-2-9(19)15-3-4-16-10-11(14(22)13(10)21)17-5-8-12(20)7(18)6-23-8/h2,7-8,12,16-18,20H,1,3-6H2,(H,15,19). The molecule has 2 rings (SSSR count). The Morgan fingerprint density at radius 2 is 1.87 bits per heavy atom. The molecule has 9 heteroatoms. The first-order chi connectivity index (χ1) is 11.0. The number of rotatable bonds is 8. The van der Waals surface area contributed by atoms with Gasteiger partial charge in [-0.1, -0.05) is 6.58 Å². The van der Waals surface area contributed by atoms with E-state index in [9.17, 15) is 24.6 Å². The minimum absolute atomic E-state index is 0.0214. The van der Waals surface area contributed by atoms with E-state index < -0.39 is 29.2 Å². The molecule has 1 aromatic rings. The summed E-state index contributed by atoms with van der Waals surface area (Å²) in [5.74, 6) is -0.332. The number of nitrogens with one attached hydrogen (secondary N) is 3. The number of carbonyl (C=O) groups is 1. The molecule has 1 aliphatic heterocycles. The molecular weight excluding hydrogens is 306 g/mol. The van der Waals surface area contributed by atoms with Crippen LogP contribution in [0, 0.1) is 0 Å². The highest BCUT2D eigenvalue weighted by molar-refractivity contribution is 5.86. The zero-order valence-corrected chi connectivity index (χ0v) is 12.4. The minimum Gasteiger partial charge on any atom is -0.388 e. The van der Waals surface area contributed by atoms with E-state index in [1.165, 1.54) is 0 Å².